The maximum atomic E-state index is 5.92. The number of aromatic nitrogens is 3. The molecule has 122 valence electrons. The Labute approximate surface area is 139 Å². The van der Waals surface area contributed by atoms with E-state index in [0.717, 1.165) is 41.4 Å². The van der Waals surface area contributed by atoms with Gasteiger partial charge in [-0.3, -0.25) is 4.57 Å². The molecule has 2 heterocycles. The van der Waals surface area contributed by atoms with Crippen molar-refractivity contribution < 1.29 is 9.47 Å². The van der Waals surface area contributed by atoms with Crippen molar-refractivity contribution >= 4 is 5.95 Å². The van der Waals surface area contributed by atoms with Crippen LogP contribution in [0.1, 0.15) is 17.0 Å². The van der Waals surface area contributed by atoms with Gasteiger partial charge in [0.2, 0.25) is 5.95 Å². The van der Waals surface area contributed by atoms with Gasteiger partial charge >= 0.3 is 0 Å². The predicted molar refractivity (Wildman–Crippen MR) is 90.5 cm³/mol. The van der Waals surface area contributed by atoms with Gasteiger partial charge in [-0.05, 0) is 47.9 Å². The third kappa shape index (κ3) is 2.56. The second kappa shape index (κ2) is 5.88. The van der Waals surface area contributed by atoms with E-state index in [1.807, 2.05) is 41.0 Å². The number of fused-ring (bicyclic) bond motifs is 3. The van der Waals surface area contributed by atoms with Crippen LogP contribution in [0, 0.1) is 0 Å². The zero-order chi connectivity index (χ0) is 16.5. The van der Waals surface area contributed by atoms with Crippen LogP contribution in [0.4, 0.5) is 5.95 Å². The predicted octanol–water partition coefficient (Wildman–Crippen LogP) is 2.54. The Morgan fingerprint density at radius 3 is 2.62 bits per heavy atom. The van der Waals surface area contributed by atoms with E-state index in [1.54, 1.807) is 7.11 Å². The molecule has 0 unspecified atom stereocenters. The number of hydrogen-bond acceptors (Lipinski definition) is 5. The molecule has 0 saturated carbocycles. The number of nitrogens with two attached hydrogens (primary N) is 1. The molecule has 0 radical (unpaired) electrons. The van der Waals surface area contributed by atoms with Gasteiger partial charge in [0.1, 0.15) is 23.9 Å². The number of nitrogen functional groups attached to an aromatic ring is 1. The number of nitrogens with zero attached hydrogens (tertiary/aromatic N) is 3. The summed E-state index contributed by atoms with van der Waals surface area (Å²) < 4.78 is 13.0. The summed E-state index contributed by atoms with van der Waals surface area (Å²) in [6.07, 6.45) is 1.74. The molecular weight excluding hydrogens is 304 g/mol. The van der Waals surface area contributed by atoms with Crippen LogP contribution in [0.5, 0.6) is 11.5 Å². The number of methoxy groups -OCH3 is 1. The highest BCUT2D eigenvalue weighted by molar-refractivity contribution is 5.52. The first kappa shape index (κ1) is 14.6. The summed E-state index contributed by atoms with van der Waals surface area (Å²) in [6, 6.07) is 13.9. The minimum absolute atomic E-state index is 0.429. The van der Waals surface area contributed by atoms with Gasteiger partial charge in [-0.25, -0.2) is 0 Å². The summed E-state index contributed by atoms with van der Waals surface area (Å²) in [5.41, 5.74) is 9.25. The SMILES string of the molecule is COc1ccc(COc2ccc3c(c2)CCc2nnc(N)n2-3)cc1. The van der Waals surface area contributed by atoms with Gasteiger partial charge in [-0.2, -0.15) is 0 Å². The highest BCUT2D eigenvalue weighted by Crippen LogP contribution is 2.29. The Bertz CT molecular complexity index is 871. The highest BCUT2D eigenvalue weighted by Gasteiger charge is 2.20. The molecule has 3 aromatic rings. The zero-order valence-electron chi connectivity index (χ0n) is 13.4. The van der Waals surface area contributed by atoms with Gasteiger partial charge in [0, 0.05) is 6.42 Å². The van der Waals surface area contributed by atoms with E-state index >= 15 is 0 Å². The molecule has 0 amide bonds. The fourth-order valence-corrected chi connectivity index (χ4v) is 2.96. The van der Waals surface area contributed by atoms with E-state index in [9.17, 15) is 0 Å². The summed E-state index contributed by atoms with van der Waals surface area (Å²) in [4.78, 5) is 0. The zero-order valence-corrected chi connectivity index (χ0v) is 13.4. The van der Waals surface area contributed by atoms with Crippen molar-refractivity contribution in [1.29, 1.82) is 0 Å². The topological polar surface area (TPSA) is 75.2 Å². The van der Waals surface area contributed by atoms with Crippen LogP contribution in [0.3, 0.4) is 0 Å². The van der Waals surface area contributed by atoms with Crippen LogP contribution < -0.4 is 15.2 Å². The van der Waals surface area contributed by atoms with Crippen molar-refractivity contribution in [2.45, 2.75) is 19.4 Å². The van der Waals surface area contributed by atoms with Crippen molar-refractivity contribution in [3.8, 4) is 17.2 Å². The lowest BCUT2D eigenvalue weighted by Crippen LogP contribution is -2.14. The molecule has 6 nitrogen and oxygen atoms in total. The van der Waals surface area contributed by atoms with E-state index < -0.39 is 0 Å². The summed E-state index contributed by atoms with van der Waals surface area (Å²) >= 11 is 0. The molecule has 0 spiro atoms. The molecule has 6 heteroatoms. The summed E-state index contributed by atoms with van der Waals surface area (Å²) in [6.45, 7) is 0.517. The Balaban J connectivity index is 1.53. The molecule has 1 aliphatic heterocycles. The Kier molecular flexibility index (Phi) is 3.57. The van der Waals surface area contributed by atoms with Crippen LogP contribution in [0.25, 0.3) is 5.69 Å². The Morgan fingerprint density at radius 2 is 1.83 bits per heavy atom. The fourth-order valence-electron chi connectivity index (χ4n) is 2.96. The van der Waals surface area contributed by atoms with E-state index in [-0.39, 0.29) is 0 Å². The number of ether oxygens (including phenoxy) is 2. The third-order valence-electron chi connectivity index (χ3n) is 4.23. The molecular formula is C18H18N4O2. The maximum absolute atomic E-state index is 5.92. The Morgan fingerprint density at radius 1 is 1.04 bits per heavy atom. The summed E-state index contributed by atoms with van der Waals surface area (Å²) in [7, 11) is 1.66. The molecule has 1 aliphatic rings. The molecule has 0 saturated heterocycles. The monoisotopic (exact) mass is 322 g/mol. The molecule has 0 atom stereocenters. The van der Waals surface area contributed by atoms with E-state index in [2.05, 4.69) is 16.3 Å². The second-order valence-corrected chi connectivity index (χ2v) is 5.74. The van der Waals surface area contributed by atoms with Gasteiger partial charge in [0.05, 0.1) is 12.8 Å². The number of anilines is 1. The molecule has 0 aliphatic carbocycles. The molecule has 0 bridgehead atoms. The van der Waals surface area contributed by atoms with Gasteiger partial charge in [0.25, 0.3) is 0 Å². The van der Waals surface area contributed by atoms with Crippen molar-refractivity contribution in [3.63, 3.8) is 0 Å². The Hall–Kier alpha value is -3.02. The molecule has 4 rings (SSSR count). The van der Waals surface area contributed by atoms with Crippen LogP contribution in [0.2, 0.25) is 0 Å². The molecule has 0 fully saturated rings. The van der Waals surface area contributed by atoms with Crippen LogP contribution in [-0.4, -0.2) is 21.9 Å². The van der Waals surface area contributed by atoms with Gasteiger partial charge < -0.3 is 15.2 Å². The smallest absolute Gasteiger partial charge is 0.226 e. The molecule has 1 aromatic heterocycles. The van der Waals surface area contributed by atoms with Crippen LogP contribution in [-0.2, 0) is 19.4 Å². The maximum Gasteiger partial charge on any atom is 0.226 e. The van der Waals surface area contributed by atoms with Crippen molar-refractivity contribution in [3.05, 3.63) is 59.4 Å². The lowest BCUT2D eigenvalue weighted by atomic mass is 10.0. The first-order valence-electron chi connectivity index (χ1n) is 7.83. The number of aryl methyl sites for hydroxylation is 2. The van der Waals surface area contributed by atoms with Crippen LogP contribution in [0.15, 0.2) is 42.5 Å². The van der Waals surface area contributed by atoms with Gasteiger partial charge in [-0.15, -0.1) is 10.2 Å². The minimum Gasteiger partial charge on any atom is -0.497 e. The fraction of sp³-hybridized carbons (Fsp3) is 0.222. The minimum atomic E-state index is 0.429. The van der Waals surface area contributed by atoms with E-state index in [4.69, 9.17) is 15.2 Å². The second-order valence-electron chi connectivity index (χ2n) is 5.74. The first-order valence-corrected chi connectivity index (χ1v) is 7.83. The van der Waals surface area contributed by atoms with Crippen molar-refractivity contribution in [2.24, 2.45) is 0 Å². The molecule has 2 N–H and O–H groups in total. The van der Waals surface area contributed by atoms with Gasteiger partial charge in [-0.1, -0.05) is 12.1 Å². The standard InChI is InChI=1S/C18H18N4O2/c1-23-14-5-2-12(3-6-14)11-24-15-7-8-16-13(10-15)4-9-17-20-21-18(19)22(16)17/h2-3,5-8,10H,4,9,11H2,1H3,(H2,19,21). The lowest BCUT2D eigenvalue weighted by Gasteiger charge is -2.19. The first-order chi connectivity index (χ1) is 11.7. The number of benzene rings is 2. The van der Waals surface area contributed by atoms with Gasteiger partial charge in [0.15, 0.2) is 0 Å². The average Bonchev–Trinajstić information content (AvgIpc) is 3.01. The number of hydrogen-bond donors (Lipinski definition) is 1. The summed E-state index contributed by atoms with van der Waals surface area (Å²) in [5.74, 6) is 3.03. The quantitative estimate of drug-likeness (QED) is 0.799. The lowest BCUT2D eigenvalue weighted by molar-refractivity contribution is 0.305. The summed E-state index contributed by atoms with van der Waals surface area (Å²) in [5, 5.41) is 8.07. The number of rotatable bonds is 4. The highest BCUT2D eigenvalue weighted by atomic mass is 16.5. The van der Waals surface area contributed by atoms with Crippen molar-refractivity contribution in [2.75, 3.05) is 12.8 Å². The normalized spacial score (nSPS) is 12.4. The third-order valence-corrected chi connectivity index (χ3v) is 4.23. The average molecular weight is 322 g/mol. The van der Waals surface area contributed by atoms with Crippen LogP contribution >= 0.6 is 0 Å². The van der Waals surface area contributed by atoms with E-state index in [0.29, 0.717) is 12.6 Å². The van der Waals surface area contributed by atoms with Crippen molar-refractivity contribution in [1.82, 2.24) is 14.8 Å². The molecule has 2 aromatic carbocycles. The van der Waals surface area contributed by atoms with E-state index in [1.165, 1.54) is 5.56 Å². The molecule has 24 heavy (non-hydrogen) atoms. The largest absolute Gasteiger partial charge is 0.497 e.